The summed E-state index contributed by atoms with van der Waals surface area (Å²) < 4.78 is 16.5. The molecule has 3 atom stereocenters. The van der Waals surface area contributed by atoms with Crippen molar-refractivity contribution in [3.05, 3.63) is 18.2 Å². The van der Waals surface area contributed by atoms with Gasteiger partial charge in [0.2, 0.25) is 5.91 Å². The van der Waals surface area contributed by atoms with Crippen LogP contribution >= 0.6 is 0 Å². The van der Waals surface area contributed by atoms with Crippen molar-refractivity contribution in [2.45, 2.75) is 51.3 Å². The molecule has 7 nitrogen and oxygen atoms in total. The summed E-state index contributed by atoms with van der Waals surface area (Å²) in [6, 6.07) is 5.88. The minimum atomic E-state index is -0.889. The second-order valence-electron chi connectivity index (χ2n) is 8.32. The van der Waals surface area contributed by atoms with Gasteiger partial charge in [-0.05, 0) is 13.3 Å². The van der Waals surface area contributed by atoms with Gasteiger partial charge in [-0.15, -0.1) is 0 Å². The van der Waals surface area contributed by atoms with Crippen LogP contribution in [0, 0.1) is 5.41 Å². The van der Waals surface area contributed by atoms with E-state index in [0.29, 0.717) is 13.0 Å². The number of hydrogen-bond acceptors (Lipinski definition) is 6. The lowest BCUT2D eigenvalue weighted by molar-refractivity contribution is -0.171. The largest absolute Gasteiger partial charge is 0.497 e. The van der Waals surface area contributed by atoms with E-state index in [-0.39, 0.29) is 23.5 Å². The first-order valence-electron chi connectivity index (χ1n) is 9.94. The van der Waals surface area contributed by atoms with Gasteiger partial charge in [-0.25, -0.2) is 0 Å². The first-order chi connectivity index (χ1) is 13.2. The molecule has 0 spiro atoms. The van der Waals surface area contributed by atoms with Crippen molar-refractivity contribution in [2.75, 3.05) is 38.8 Å². The molecule has 3 rings (SSSR count). The zero-order valence-electron chi connectivity index (χ0n) is 17.6. The van der Waals surface area contributed by atoms with Gasteiger partial charge in [0.15, 0.2) is 0 Å². The van der Waals surface area contributed by atoms with Gasteiger partial charge >= 0.3 is 0 Å². The Hall–Kier alpha value is -1.99. The van der Waals surface area contributed by atoms with Crippen molar-refractivity contribution in [3.63, 3.8) is 0 Å². The monoisotopic (exact) mass is 391 g/mol. The maximum atomic E-state index is 13.0. The summed E-state index contributed by atoms with van der Waals surface area (Å²) in [7, 11) is 3.28. The fourth-order valence-corrected chi connectivity index (χ4v) is 4.22. The number of nitrogens with zero attached hydrogens (tertiary/aromatic N) is 1. The number of anilines is 1. The third-order valence-electron chi connectivity index (χ3n) is 6.46. The standard InChI is InChI=1S/C21H33N3O4/c1-6-28-18-12-21(22,20(18,2)3)19(25)23-14-7-8-24(13-14)15-9-16(26-4)11-17(10-15)27-5/h9-11,14,18H,6-8,12-13,22H2,1-5H3,(H,23,25). The Balaban J connectivity index is 1.63. The van der Waals surface area contributed by atoms with Crippen LogP contribution in [0.5, 0.6) is 11.5 Å². The van der Waals surface area contributed by atoms with Gasteiger partial charge in [-0.3, -0.25) is 4.79 Å². The molecule has 0 radical (unpaired) electrons. The van der Waals surface area contributed by atoms with E-state index in [9.17, 15) is 4.79 Å². The van der Waals surface area contributed by atoms with Crippen molar-refractivity contribution >= 4 is 11.6 Å². The number of benzene rings is 1. The lowest BCUT2D eigenvalue weighted by Gasteiger charge is -2.57. The van der Waals surface area contributed by atoms with Crippen molar-refractivity contribution in [1.29, 1.82) is 0 Å². The molecule has 1 aliphatic carbocycles. The first kappa shape index (κ1) is 20.7. The van der Waals surface area contributed by atoms with E-state index >= 15 is 0 Å². The molecular formula is C21H33N3O4. The Morgan fingerprint density at radius 3 is 2.43 bits per heavy atom. The summed E-state index contributed by atoms with van der Waals surface area (Å²) in [5.41, 5.74) is 6.26. The number of hydrogen-bond donors (Lipinski definition) is 2. The number of carbonyl (C=O) groups is 1. The molecule has 1 amide bonds. The van der Waals surface area contributed by atoms with Crippen LogP contribution in [0.2, 0.25) is 0 Å². The number of carbonyl (C=O) groups excluding carboxylic acids is 1. The second kappa shape index (κ2) is 7.79. The quantitative estimate of drug-likeness (QED) is 0.739. The van der Waals surface area contributed by atoms with E-state index in [1.54, 1.807) is 14.2 Å². The molecule has 1 aromatic carbocycles. The molecule has 1 saturated carbocycles. The highest BCUT2D eigenvalue weighted by atomic mass is 16.5. The van der Waals surface area contributed by atoms with Gasteiger partial charge in [0.25, 0.3) is 0 Å². The van der Waals surface area contributed by atoms with E-state index in [1.165, 1.54) is 0 Å². The van der Waals surface area contributed by atoms with Crippen LogP contribution in [0.25, 0.3) is 0 Å². The number of amides is 1. The molecule has 2 fully saturated rings. The van der Waals surface area contributed by atoms with E-state index < -0.39 is 5.54 Å². The van der Waals surface area contributed by atoms with Crippen LogP contribution in [0.3, 0.4) is 0 Å². The van der Waals surface area contributed by atoms with Gasteiger partial charge in [0.1, 0.15) is 17.0 Å². The van der Waals surface area contributed by atoms with Gasteiger partial charge in [0, 0.05) is 61.5 Å². The molecule has 156 valence electrons. The Morgan fingerprint density at radius 2 is 1.89 bits per heavy atom. The number of methoxy groups -OCH3 is 2. The lowest BCUT2D eigenvalue weighted by Crippen LogP contribution is -2.76. The zero-order chi connectivity index (χ0) is 20.5. The van der Waals surface area contributed by atoms with Crippen LogP contribution in [0.15, 0.2) is 18.2 Å². The van der Waals surface area contributed by atoms with Crippen LogP contribution in [-0.4, -0.2) is 57.5 Å². The average Bonchev–Trinajstić information content (AvgIpc) is 3.15. The van der Waals surface area contributed by atoms with Crippen molar-refractivity contribution in [1.82, 2.24) is 5.32 Å². The van der Waals surface area contributed by atoms with E-state index in [1.807, 2.05) is 39.0 Å². The zero-order valence-corrected chi connectivity index (χ0v) is 17.6. The Kier molecular flexibility index (Phi) is 5.77. The maximum Gasteiger partial charge on any atom is 0.241 e. The van der Waals surface area contributed by atoms with E-state index in [2.05, 4.69) is 10.2 Å². The SMILES string of the molecule is CCOC1CC(N)(C(=O)NC2CCN(c3cc(OC)cc(OC)c3)C2)C1(C)C. The summed E-state index contributed by atoms with van der Waals surface area (Å²) in [5.74, 6) is 1.42. The van der Waals surface area contributed by atoms with Crippen molar-refractivity contribution in [3.8, 4) is 11.5 Å². The predicted molar refractivity (Wildman–Crippen MR) is 109 cm³/mol. The maximum absolute atomic E-state index is 13.0. The molecule has 3 N–H and O–H groups in total. The molecule has 1 heterocycles. The van der Waals surface area contributed by atoms with Crippen LogP contribution < -0.4 is 25.4 Å². The number of rotatable bonds is 7. The van der Waals surface area contributed by atoms with Gasteiger partial charge in [-0.2, -0.15) is 0 Å². The molecule has 7 heteroatoms. The Morgan fingerprint density at radius 1 is 1.25 bits per heavy atom. The van der Waals surface area contributed by atoms with E-state index in [4.69, 9.17) is 19.9 Å². The lowest BCUT2D eigenvalue weighted by atomic mass is 9.54. The molecule has 2 aliphatic rings. The third-order valence-corrected chi connectivity index (χ3v) is 6.46. The summed E-state index contributed by atoms with van der Waals surface area (Å²) >= 11 is 0. The molecule has 0 aromatic heterocycles. The van der Waals surface area contributed by atoms with Gasteiger partial charge < -0.3 is 30.2 Å². The minimum absolute atomic E-state index is 0.0255. The fraction of sp³-hybridized carbons (Fsp3) is 0.667. The van der Waals surface area contributed by atoms with Crippen molar-refractivity contribution in [2.24, 2.45) is 11.1 Å². The molecule has 3 unspecified atom stereocenters. The van der Waals surface area contributed by atoms with Crippen LogP contribution in [0.4, 0.5) is 5.69 Å². The molecule has 0 bridgehead atoms. The molecule has 28 heavy (non-hydrogen) atoms. The highest BCUT2D eigenvalue weighted by Gasteiger charge is 2.63. The predicted octanol–water partition coefficient (Wildman–Crippen LogP) is 1.93. The van der Waals surface area contributed by atoms with Gasteiger partial charge in [0.05, 0.1) is 20.3 Å². The highest BCUT2D eigenvalue weighted by Crippen LogP contribution is 2.50. The molecule has 1 saturated heterocycles. The minimum Gasteiger partial charge on any atom is -0.497 e. The summed E-state index contributed by atoms with van der Waals surface area (Å²) in [5, 5.41) is 3.17. The normalized spacial score (nSPS) is 28.6. The Labute approximate surface area is 167 Å². The summed E-state index contributed by atoms with van der Waals surface area (Å²) in [6.45, 7) is 8.21. The summed E-state index contributed by atoms with van der Waals surface area (Å²) in [4.78, 5) is 15.2. The molecular weight excluding hydrogens is 358 g/mol. The van der Waals surface area contributed by atoms with Crippen LogP contribution in [0.1, 0.15) is 33.6 Å². The number of nitrogens with two attached hydrogens (primary N) is 1. The number of nitrogens with one attached hydrogen (secondary N) is 1. The van der Waals surface area contributed by atoms with Crippen molar-refractivity contribution < 1.29 is 19.0 Å². The fourth-order valence-electron chi connectivity index (χ4n) is 4.22. The van der Waals surface area contributed by atoms with E-state index in [0.717, 1.165) is 36.7 Å². The first-order valence-corrected chi connectivity index (χ1v) is 9.94. The molecule has 1 aliphatic heterocycles. The van der Waals surface area contributed by atoms with Crippen LogP contribution in [-0.2, 0) is 9.53 Å². The average molecular weight is 392 g/mol. The smallest absolute Gasteiger partial charge is 0.241 e. The third kappa shape index (κ3) is 3.53. The second-order valence-corrected chi connectivity index (χ2v) is 8.32. The number of ether oxygens (including phenoxy) is 3. The summed E-state index contributed by atoms with van der Waals surface area (Å²) in [6.07, 6.45) is 1.46. The Bertz CT molecular complexity index is 701. The topological polar surface area (TPSA) is 86.0 Å². The molecule has 1 aromatic rings. The highest BCUT2D eigenvalue weighted by molar-refractivity contribution is 5.89. The van der Waals surface area contributed by atoms with Gasteiger partial charge in [-0.1, -0.05) is 13.8 Å².